The van der Waals surface area contributed by atoms with Crippen molar-refractivity contribution in [1.82, 2.24) is 9.55 Å². The van der Waals surface area contributed by atoms with E-state index in [0.29, 0.717) is 0 Å². The Hall–Kier alpha value is -3.92. The van der Waals surface area contributed by atoms with E-state index in [1.54, 1.807) is 0 Å². The average Bonchev–Trinajstić information content (AvgIpc) is 3.50. The fourth-order valence-corrected chi connectivity index (χ4v) is 7.31. The van der Waals surface area contributed by atoms with Gasteiger partial charge in [0.2, 0.25) is 5.90 Å². The average molecular weight is 598 g/mol. The summed E-state index contributed by atoms with van der Waals surface area (Å²) >= 11 is 0. The van der Waals surface area contributed by atoms with Crippen LogP contribution in [0.2, 0.25) is 0 Å². The van der Waals surface area contributed by atoms with E-state index in [2.05, 4.69) is 128 Å². The quantitative estimate of drug-likeness (QED) is 0.208. The predicted octanol–water partition coefficient (Wildman–Crippen LogP) is 10.5. The van der Waals surface area contributed by atoms with Crippen molar-refractivity contribution in [3.05, 3.63) is 94.7 Å². The van der Waals surface area contributed by atoms with E-state index in [0.717, 1.165) is 35.7 Å². The Morgan fingerprint density at radius 2 is 1.56 bits per heavy atom. The molecule has 0 bridgehead atoms. The molecule has 3 aromatic carbocycles. The van der Waals surface area contributed by atoms with Crippen molar-refractivity contribution in [3.8, 4) is 16.9 Å². The maximum absolute atomic E-state index is 6.73. The number of hydrogen-bond donors (Lipinski definition) is 0. The van der Waals surface area contributed by atoms with Crippen LogP contribution in [-0.2, 0) is 15.6 Å². The highest BCUT2D eigenvalue weighted by Crippen LogP contribution is 2.42. The molecule has 0 N–H and O–H groups in total. The van der Waals surface area contributed by atoms with Crippen molar-refractivity contribution >= 4 is 27.7 Å². The Balaban J connectivity index is 1.49. The van der Waals surface area contributed by atoms with E-state index in [1.807, 2.05) is 6.20 Å². The first-order valence-electron chi connectivity index (χ1n) is 16.7. The molecule has 1 aliphatic carbocycles. The highest BCUT2D eigenvalue weighted by atomic mass is 16.5. The van der Waals surface area contributed by atoms with Crippen molar-refractivity contribution in [2.75, 3.05) is 0 Å². The summed E-state index contributed by atoms with van der Waals surface area (Å²) < 4.78 is 9.18. The number of nitrogens with zero attached hydrogens (tertiary/aromatic N) is 3. The molecule has 5 aromatic rings. The summed E-state index contributed by atoms with van der Waals surface area (Å²) in [7, 11) is 0. The Bertz CT molecular complexity index is 2000. The second-order valence-electron chi connectivity index (χ2n) is 15.8. The summed E-state index contributed by atoms with van der Waals surface area (Å²) in [5.41, 5.74) is 11.6. The zero-order valence-electron chi connectivity index (χ0n) is 28.5. The van der Waals surface area contributed by atoms with Gasteiger partial charge in [-0.1, -0.05) is 59.6 Å². The lowest BCUT2D eigenvalue weighted by molar-refractivity contribution is 0.0447. The number of aromatic nitrogens is 2. The largest absolute Gasteiger partial charge is 0.469 e. The van der Waals surface area contributed by atoms with E-state index in [4.69, 9.17) is 14.7 Å². The van der Waals surface area contributed by atoms with E-state index in [1.165, 1.54) is 62.5 Å². The number of benzene rings is 3. The topological polar surface area (TPSA) is 39.4 Å². The van der Waals surface area contributed by atoms with E-state index >= 15 is 0 Å². The minimum Gasteiger partial charge on any atom is -0.469 e. The first-order chi connectivity index (χ1) is 21.2. The van der Waals surface area contributed by atoms with Crippen LogP contribution in [0, 0.1) is 13.8 Å². The molecule has 4 nitrogen and oxygen atoms in total. The lowest BCUT2D eigenvalue weighted by Crippen LogP contribution is -2.39. The smallest absolute Gasteiger partial charge is 0.217 e. The molecule has 3 heterocycles. The third-order valence-electron chi connectivity index (χ3n) is 10.2. The Morgan fingerprint density at radius 3 is 2.29 bits per heavy atom. The Kier molecular flexibility index (Phi) is 6.82. The minimum atomic E-state index is -0.198. The first kappa shape index (κ1) is 29.8. The monoisotopic (exact) mass is 597 g/mol. The maximum Gasteiger partial charge on any atom is 0.217 e. The van der Waals surface area contributed by atoms with Gasteiger partial charge in [-0.25, -0.2) is 4.99 Å². The van der Waals surface area contributed by atoms with Crippen molar-refractivity contribution in [2.24, 2.45) is 4.99 Å². The second kappa shape index (κ2) is 10.3. The molecule has 232 valence electrons. The molecular weight excluding hydrogens is 550 g/mol. The zero-order chi connectivity index (χ0) is 31.9. The van der Waals surface area contributed by atoms with Gasteiger partial charge in [-0.3, -0.25) is 4.98 Å². The highest BCUT2D eigenvalue weighted by Gasteiger charge is 2.44. The molecule has 4 heteroatoms. The molecule has 0 unspecified atom stereocenters. The second-order valence-corrected chi connectivity index (χ2v) is 15.8. The fraction of sp³-hybridized carbons (Fsp3) is 0.415. The number of hydrogen-bond acceptors (Lipinski definition) is 3. The van der Waals surface area contributed by atoms with Gasteiger partial charge in [0.15, 0.2) is 0 Å². The Morgan fingerprint density at radius 1 is 0.800 bits per heavy atom. The zero-order valence-corrected chi connectivity index (χ0v) is 28.5. The number of ether oxygens (including phenoxy) is 1. The van der Waals surface area contributed by atoms with Gasteiger partial charge < -0.3 is 9.30 Å². The molecule has 0 spiro atoms. The molecule has 1 saturated carbocycles. The van der Waals surface area contributed by atoms with Gasteiger partial charge in [0.05, 0.1) is 22.8 Å². The standard InChI is InChI=1S/C41H47N3O/c1-25-13-14-35-32(18-25)33-19-26(2)31(34-23-28(15-17-42-34)39(3,4)5)24-36(33)44(35)30-21-27(20-29(22-30)40(6,7)8)38-43-37-12-10-11-16-41(37,9)45-38/h13-15,17-24,37H,10-12,16H2,1-9H3/t37-,41-/m0/s1. The number of fused-ring (bicyclic) bond motifs is 4. The van der Waals surface area contributed by atoms with Crippen molar-refractivity contribution in [2.45, 2.75) is 110 Å². The van der Waals surface area contributed by atoms with Gasteiger partial charge in [-0.15, -0.1) is 0 Å². The van der Waals surface area contributed by atoms with Crippen molar-refractivity contribution < 1.29 is 4.74 Å². The summed E-state index contributed by atoms with van der Waals surface area (Å²) in [4.78, 5) is 10.1. The van der Waals surface area contributed by atoms with Crippen LogP contribution in [0.4, 0.5) is 0 Å². The third-order valence-corrected chi connectivity index (χ3v) is 10.2. The van der Waals surface area contributed by atoms with Gasteiger partial charge in [-0.2, -0.15) is 0 Å². The molecule has 1 aliphatic heterocycles. The molecule has 1 fully saturated rings. The highest BCUT2D eigenvalue weighted by molar-refractivity contribution is 6.11. The summed E-state index contributed by atoms with van der Waals surface area (Å²) in [6, 6.07) is 23.2. The SMILES string of the molecule is Cc1ccc2c(c1)c1cc(C)c(-c3cc(C(C)(C)C)ccn3)cc1n2-c1cc(C2=N[C@H]3CCCC[C@]3(C)O2)cc(C(C)(C)C)c1. The number of aliphatic imine (C=N–C) groups is 1. The van der Waals surface area contributed by atoms with Crippen LogP contribution < -0.4 is 0 Å². The summed E-state index contributed by atoms with van der Waals surface area (Å²) in [6.45, 7) is 20.3. The van der Waals surface area contributed by atoms with Gasteiger partial charge in [0.25, 0.3) is 0 Å². The summed E-state index contributed by atoms with van der Waals surface area (Å²) in [5.74, 6) is 0.799. The van der Waals surface area contributed by atoms with Crippen LogP contribution in [0.1, 0.15) is 102 Å². The third kappa shape index (κ3) is 5.16. The van der Waals surface area contributed by atoms with Crippen LogP contribution in [-0.4, -0.2) is 27.1 Å². The maximum atomic E-state index is 6.73. The Labute approximate surface area is 268 Å². The van der Waals surface area contributed by atoms with Gasteiger partial charge in [0.1, 0.15) is 5.60 Å². The number of rotatable bonds is 3. The van der Waals surface area contributed by atoms with Crippen LogP contribution >= 0.6 is 0 Å². The van der Waals surface area contributed by atoms with Crippen LogP contribution in [0.15, 0.2) is 71.9 Å². The van der Waals surface area contributed by atoms with Crippen molar-refractivity contribution in [1.29, 1.82) is 0 Å². The predicted molar refractivity (Wildman–Crippen MR) is 189 cm³/mol. The molecule has 0 saturated heterocycles. The lowest BCUT2D eigenvalue weighted by Gasteiger charge is -2.33. The fourth-order valence-electron chi connectivity index (χ4n) is 7.31. The number of aryl methyl sites for hydroxylation is 2. The summed E-state index contributed by atoms with van der Waals surface area (Å²) in [5, 5.41) is 2.53. The lowest BCUT2D eigenvalue weighted by atomic mass is 9.82. The molecule has 0 radical (unpaired) electrons. The number of pyridine rings is 1. The van der Waals surface area contributed by atoms with Crippen molar-refractivity contribution in [3.63, 3.8) is 0 Å². The van der Waals surface area contributed by atoms with E-state index < -0.39 is 0 Å². The van der Waals surface area contributed by atoms with E-state index in [9.17, 15) is 0 Å². The molecule has 7 rings (SSSR count). The van der Waals surface area contributed by atoms with Gasteiger partial charge in [-0.05, 0) is 122 Å². The van der Waals surface area contributed by atoms with Gasteiger partial charge in [0, 0.05) is 33.8 Å². The molecule has 2 atom stereocenters. The minimum absolute atomic E-state index is 0.0466. The molecule has 0 amide bonds. The van der Waals surface area contributed by atoms with Crippen LogP contribution in [0.3, 0.4) is 0 Å². The van der Waals surface area contributed by atoms with Crippen LogP contribution in [0.5, 0.6) is 0 Å². The molecule has 45 heavy (non-hydrogen) atoms. The normalized spacial score (nSPS) is 20.4. The molecule has 2 aromatic heterocycles. The van der Waals surface area contributed by atoms with Gasteiger partial charge >= 0.3 is 0 Å². The first-order valence-corrected chi connectivity index (χ1v) is 16.7. The van der Waals surface area contributed by atoms with Crippen LogP contribution in [0.25, 0.3) is 38.8 Å². The molecule has 2 aliphatic rings. The molecular formula is C41H47N3O. The van der Waals surface area contributed by atoms with E-state index in [-0.39, 0.29) is 22.5 Å². The summed E-state index contributed by atoms with van der Waals surface area (Å²) in [6.07, 6.45) is 6.56.